The van der Waals surface area contributed by atoms with Gasteiger partial charge in [0, 0.05) is 44.0 Å². The van der Waals surface area contributed by atoms with Crippen molar-refractivity contribution in [2.24, 2.45) is 0 Å². The van der Waals surface area contributed by atoms with Crippen LogP contribution in [-0.2, 0) is 20.8 Å². The van der Waals surface area contributed by atoms with Crippen molar-refractivity contribution in [3.63, 3.8) is 0 Å². The van der Waals surface area contributed by atoms with E-state index in [1.807, 2.05) is 6.20 Å². The highest BCUT2D eigenvalue weighted by Gasteiger charge is 2.47. The molecule has 138 valence electrons. The van der Waals surface area contributed by atoms with Gasteiger partial charge in [-0.25, -0.2) is 4.98 Å². The van der Waals surface area contributed by atoms with Crippen LogP contribution in [-0.4, -0.2) is 64.8 Å². The first kappa shape index (κ1) is 17.0. The highest BCUT2D eigenvalue weighted by atomic mass is 16.6. The summed E-state index contributed by atoms with van der Waals surface area (Å²) in [6.07, 6.45) is 9.73. The van der Waals surface area contributed by atoms with Gasteiger partial charge in [0.1, 0.15) is 11.7 Å². The summed E-state index contributed by atoms with van der Waals surface area (Å²) in [5.41, 5.74) is 0.745. The molecule has 2 saturated heterocycles. The average Bonchev–Trinajstić information content (AvgIpc) is 3.26. The highest BCUT2D eigenvalue weighted by Crippen LogP contribution is 2.32. The summed E-state index contributed by atoms with van der Waals surface area (Å²) < 4.78 is 11.9. The lowest BCUT2D eigenvalue weighted by atomic mass is 9.94. The number of nitrogens with one attached hydrogen (secondary N) is 2. The highest BCUT2D eigenvalue weighted by molar-refractivity contribution is 5.81. The molecule has 3 heterocycles. The molecule has 3 fully saturated rings. The third-order valence-corrected chi connectivity index (χ3v) is 5.63. The summed E-state index contributed by atoms with van der Waals surface area (Å²) in [7, 11) is 0. The molecule has 2 unspecified atom stereocenters. The fraction of sp³-hybridized carbons (Fsp3) is 0.778. The van der Waals surface area contributed by atoms with Gasteiger partial charge in [0.25, 0.3) is 0 Å². The van der Waals surface area contributed by atoms with E-state index in [4.69, 9.17) is 9.47 Å². The summed E-state index contributed by atoms with van der Waals surface area (Å²) in [5, 5.41) is 3.18. The quantitative estimate of drug-likeness (QED) is 0.855. The molecule has 2 N–H and O–H groups in total. The van der Waals surface area contributed by atoms with Crippen LogP contribution < -0.4 is 5.32 Å². The zero-order valence-electron chi connectivity index (χ0n) is 14.7. The van der Waals surface area contributed by atoms with Gasteiger partial charge < -0.3 is 19.8 Å². The number of hydrogen-bond acceptors (Lipinski definition) is 5. The molecule has 0 radical (unpaired) electrons. The van der Waals surface area contributed by atoms with Gasteiger partial charge in [0.2, 0.25) is 5.91 Å². The van der Waals surface area contributed by atoms with E-state index in [9.17, 15) is 4.79 Å². The predicted molar refractivity (Wildman–Crippen MR) is 91.9 cm³/mol. The van der Waals surface area contributed by atoms with Crippen LogP contribution in [0.5, 0.6) is 0 Å². The van der Waals surface area contributed by atoms with Crippen molar-refractivity contribution in [1.29, 1.82) is 0 Å². The van der Waals surface area contributed by atoms with Gasteiger partial charge in [0.05, 0.1) is 19.5 Å². The number of rotatable bonds is 4. The van der Waals surface area contributed by atoms with E-state index in [0.29, 0.717) is 25.7 Å². The first-order chi connectivity index (χ1) is 12.2. The van der Waals surface area contributed by atoms with Crippen molar-refractivity contribution < 1.29 is 14.3 Å². The molecule has 3 aliphatic rings. The number of carbonyl (C=O) groups is 1. The van der Waals surface area contributed by atoms with E-state index in [2.05, 4.69) is 20.2 Å². The lowest BCUT2D eigenvalue weighted by Gasteiger charge is -2.39. The van der Waals surface area contributed by atoms with Crippen LogP contribution >= 0.6 is 0 Å². The number of aromatic amines is 1. The average molecular weight is 348 g/mol. The summed E-state index contributed by atoms with van der Waals surface area (Å²) in [6, 6.07) is 0.325. The largest absolute Gasteiger partial charge is 0.370 e. The number of H-pyrrole nitrogens is 1. The minimum absolute atomic E-state index is 0.0399. The number of ether oxygens (including phenoxy) is 2. The lowest BCUT2D eigenvalue weighted by molar-refractivity contribution is -0.131. The maximum atomic E-state index is 12.6. The van der Waals surface area contributed by atoms with Gasteiger partial charge in [-0.2, -0.15) is 0 Å². The van der Waals surface area contributed by atoms with Crippen LogP contribution in [0.4, 0.5) is 0 Å². The van der Waals surface area contributed by atoms with Crippen molar-refractivity contribution in [2.45, 2.75) is 62.8 Å². The minimum atomic E-state index is -0.381. The van der Waals surface area contributed by atoms with Gasteiger partial charge in [-0.3, -0.25) is 9.69 Å². The Bertz CT molecular complexity index is 573. The molecule has 7 nitrogen and oxygen atoms in total. The van der Waals surface area contributed by atoms with Crippen molar-refractivity contribution in [3.8, 4) is 0 Å². The first-order valence-electron chi connectivity index (χ1n) is 9.48. The molecule has 0 aromatic carbocycles. The van der Waals surface area contributed by atoms with Crippen LogP contribution in [0.15, 0.2) is 12.5 Å². The fourth-order valence-electron chi connectivity index (χ4n) is 4.30. The normalized spacial score (nSPS) is 31.4. The van der Waals surface area contributed by atoms with E-state index < -0.39 is 0 Å². The number of imidazole rings is 1. The number of morpholine rings is 1. The molecular weight excluding hydrogens is 320 g/mol. The monoisotopic (exact) mass is 348 g/mol. The van der Waals surface area contributed by atoms with Crippen molar-refractivity contribution >= 4 is 5.91 Å². The summed E-state index contributed by atoms with van der Waals surface area (Å²) >= 11 is 0. The van der Waals surface area contributed by atoms with E-state index in [1.165, 1.54) is 19.3 Å². The lowest BCUT2D eigenvalue weighted by Crippen LogP contribution is -2.52. The molecular formula is C18H28N4O3. The topological polar surface area (TPSA) is 79.5 Å². The smallest absolute Gasteiger partial charge is 0.249 e. The van der Waals surface area contributed by atoms with Crippen LogP contribution in [0.2, 0.25) is 0 Å². The summed E-state index contributed by atoms with van der Waals surface area (Å²) in [4.78, 5) is 22.1. The molecule has 1 spiro atoms. The zero-order valence-corrected chi connectivity index (χ0v) is 14.7. The molecule has 1 saturated carbocycles. The molecule has 25 heavy (non-hydrogen) atoms. The molecule has 7 heteroatoms. The third kappa shape index (κ3) is 4.04. The number of carbonyl (C=O) groups excluding carboxylic acids is 1. The Morgan fingerprint density at radius 1 is 1.40 bits per heavy atom. The molecule has 1 aromatic rings. The zero-order chi connectivity index (χ0) is 17.1. The fourth-order valence-corrected chi connectivity index (χ4v) is 4.30. The van der Waals surface area contributed by atoms with Gasteiger partial charge in [-0.1, -0.05) is 19.3 Å². The molecule has 0 bridgehead atoms. The summed E-state index contributed by atoms with van der Waals surface area (Å²) in [5.74, 6) is 0.0399. The second kappa shape index (κ2) is 7.43. The number of nitrogens with zero attached hydrogens (tertiary/aromatic N) is 2. The molecule has 4 rings (SSSR count). The van der Waals surface area contributed by atoms with Crippen molar-refractivity contribution in [3.05, 3.63) is 18.2 Å². The second-order valence-electron chi connectivity index (χ2n) is 7.67. The van der Waals surface area contributed by atoms with E-state index >= 15 is 0 Å². The van der Waals surface area contributed by atoms with Crippen LogP contribution in [0.25, 0.3) is 0 Å². The Kier molecular flexibility index (Phi) is 5.05. The molecule has 1 aromatic heterocycles. The third-order valence-electron chi connectivity index (χ3n) is 5.63. The Balaban J connectivity index is 1.31. The molecule has 2 atom stereocenters. The number of amides is 1. The van der Waals surface area contributed by atoms with E-state index in [1.54, 1.807) is 6.33 Å². The van der Waals surface area contributed by atoms with Gasteiger partial charge in [0.15, 0.2) is 0 Å². The Morgan fingerprint density at radius 2 is 2.28 bits per heavy atom. The SMILES string of the molecule is O=C(NC1CCCCC1)C1CC2(CO1)CN(Cc1cnc[nH]1)CCO2. The maximum Gasteiger partial charge on any atom is 0.249 e. The van der Waals surface area contributed by atoms with Crippen molar-refractivity contribution in [2.75, 3.05) is 26.3 Å². The van der Waals surface area contributed by atoms with Crippen LogP contribution in [0.3, 0.4) is 0 Å². The molecule has 1 aliphatic carbocycles. The van der Waals surface area contributed by atoms with E-state index in [-0.39, 0.29) is 17.6 Å². The standard InChI is InChI=1S/C18H28N4O3/c23-17(21-14-4-2-1-3-5-14)16-8-18(12-24-16)11-22(6-7-25-18)10-15-9-19-13-20-15/h9,13-14,16H,1-8,10-12H2,(H,19,20)(H,21,23). The Labute approximate surface area is 148 Å². The van der Waals surface area contributed by atoms with Crippen LogP contribution in [0.1, 0.15) is 44.2 Å². The first-order valence-corrected chi connectivity index (χ1v) is 9.48. The molecule has 2 aliphatic heterocycles. The Morgan fingerprint density at radius 3 is 3.08 bits per heavy atom. The number of hydrogen-bond donors (Lipinski definition) is 2. The van der Waals surface area contributed by atoms with Gasteiger partial charge >= 0.3 is 0 Å². The Hall–Kier alpha value is -1.44. The van der Waals surface area contributed by atoms with E-state index in [0.717, 1.165) is 38.2 Å². The molecule has 1 amide bonds. The second-order valence-corrected chi connectivity index (χ2v) is 7.67. The van der Waals surface area contributed by atoms with Crippen LogP contribution in [0, 0.1) is 0 Å². The summed E-state index contributed by atoms with van der Waals surface area (Å²) in [6.45, 7) is 3.67. The van der Waals surface area contributed by atoms with Gasteiger partial charge in [-0.05, 0) is 12.8 Å². The maximum absolute atomic E-state index is 12.6. The van der Waals surface area contributed by atoms with Gasteiger partial charge in [-0.15, -0.1) is 0 Å². The minimum Gasteiger partial charge on any atom is -0.370 e. The number of aromatic nitrogens is 2. The predicted octanol–water partition coefficient (Wildman–Crippen LogP) is 1.22. The van der Waals surface area contributed by atoms with Crippen molar-refractivity contribution in [1.82, 2.24) is 20.2 Å².